The van der Waals surface area contributed by atoms with Crippen LogP contribution < -0.4 is 16.0 Å². The molecule has 10 nitrogen and oxygen atoms in total. The fourth-order valence-electron chi connectivity index (χ4n) is 6.98. The van der Waals surface area contributed by atoms with Crippen LogP contribution in [0.25, 0.3) is 0 Å². The molecule has 3 fully saturated rings. The predicted octanol–water partition coefficient (Wildman–Crippen LogP) is 3.00. The molecular weight excluding hydrogens is 537 g/mol. The molecule has 5 aliphatic rings. The highest BCUT2D eigenvalue weighted by atomic mass is 19.4. The summed E-state index contributed by atoms with van der Waals surface area (Å²) in [6.45, 7) is 11.2. The highest BCUT2D eigenvalue weighted by molar-refractivity contribution is 5.98. The number of hydrogen-bond donors (Lipinski definition) is 3. The van der Waals surface area contributed by atoms with Gasteiger partial charge in [0.1, 0.15) is 30.1 Å². The third-order valence-corrected chi connectivity index (χ3v) is 8.99. The summed E-state index contributed by atoms with van der Waals surface area (Å²) in [4.78, 5) is 29.2. The van der Waals surface area contributed by atoms with E-state index in [0.717, 1.165) is 58.1 Å². The lowest BCUT2D eigenvalue weighted by Gasteiger charge is -2.38. The van der Waals surface area contributed by atoms with Crippen molar-refractivity contribution in [3.05, 3.63) is 0 Å². The molecule has 2 saturated heterocycles. The highest BCUT2D eigenvalue weighted by Crippen LogP contribution is 2.37. The number of amides is 1. The molecule has 0 bridgehead atoms. The maximum atomic E-state index is 13.4. The Hall–Kier alpha value is -2.09. The van der Waals surface area contributed by atoms with E-state index in [1.807, 2.05) is 27.0 Å². The summed E-state index contributed by atoms with van der Waals surface area (Å²) in [6.07, 6.45) is 2.72. The molecule has 0 aromatic rings. The number of aliphatic imine (C=N–C) groups is 3. The number of nitrogens with zero attached hydrogens (tertiary/aromatic N) is 5. The molecule has 8 unspecified atom stereocenters. The van der Waals surface area contributed by atoms with Gasteiger partial charge in [-0.05, 0) is 64.7 Å². The Labute approximate surface area is 240 Å². The van der Waals surface area contributed by atoms with E-state index in [1.54, 1.807) is 11.8 Å². The molecule has 0 aromatic heterocycles. The minimum absolute atomic E-state index is 0.00808. The number of carbonyl (C=O) groups excluding carboxylic acids is 1. The number of carbonyl (C=O) groups is 1. The number of piperazine rings is 1. The molecule has 230 valence electrons. The van der Waals surface area contributed by atoms with Crippen LogP contribution in [0.2, 0.25) is 0 Å². The Morgan fingerprint density at radius 2 is 1.80 bits per heavy atom. The van der Waals surface area contributed by atoms with E-state index < -0.39 is 29.4 Å². The van der Waals surface area contributed by atoms with Crippen molar-refractivity contribution in [3.63, 3.8) is 0 Å². The number of alkyl halides is 3. The van der Waals surface area contributed by atoms with Crippen LogP contribution in [0, 0.1) is 17.8 Å². The summed E-state index contributed by atoms with van der Waals surface area (Å²) >= 11 is 0. The quantitative estimate of drug-likeness (QED) is 0.461. The van der Waals surface area contributed by atoms with Crippen molar-refractivity contribution < 1.29 is 22.7 Å². The van der Waals surface area contributed by atoms with Crippen molar-refractivity contribution in [2.45, 2.75) is 102 Å². The lowest BCUT2D eigenvalue weighted by atomic mass is 9.74. The number of rotatable bonds is 5. The Balaban J connectivity index is 1.06. The molecule has 0 spiro atoms. The summed E-state index contributed by atoms with van der Waals surface area (Å²) in [5.74, 6) is -0.184. The Kier molecular flexibility index (Phi) is 9.08. The van der Waals surface area contributed by atoms with Gasteiger partial charge >= 0.3 is 12.3 Å². The van der Waals surface area contributed by atoms with Crippen molar-refractivity contribution in [1.82, 2.24) is 25.8 Å². The largest absolute Gasteiger partial charge is 0.444 e. The predicted molar refractivity (Wildman–Crippen MR) is 152 cm³/mol. The molecule has 1 amide bonds. The fourth-order valence-corrected chi connectivity index (χ4v) is 6.98. The van der Waals surface area contributed by atoms with Gasteiger partial charge in [-0.25, -0.2) is 9.79 Å². The molecule has 4 aliphatic heterocycles. The second-order valence-corrected chi connectivity index (χ2v) is 13.2. The van der Waals surface area contributed by atoms with Gasteiger partial charge in [0.15, 0.2) is 0 Å². The molecule has 3 N–H and O–H groups in total. The van der Waals surface area contributed by atoms with E-state index in [9.17, 15) is 18.0 Å². The number of halogens is 3. The van der Waals surface area contributed by atoms with Crippen LogP contribution in [-0.4, -0.2) is 109 Å². The fraction of sp³-hybridized carbons (Fsp3) is 0.857. The summed E-state index contributed by atoms with van der Waals surface area (Å²) in [6, 6.07) is 0.0482. The normalized spacial score (nSPS) is 36.7. The average molecular weight is 583 g/mol. The standard InChI is InChI=1S/C28H45F3N8O2/c1-17-23(33-16-34-24(17)28(29,30)31)19-5-6-20-21(14-19)36-25(35-20)37-22-13-18(7-8-32-22)15-38-9-11-39(12-10-38)26(40)41-27(2,3)4/h8,16-23,25,35-37H,5-7,9-15H2,1-4H3. The van der Waals surface area contributed by atoms with Crippen LogP contribution in [0.15, 0.2) is 15.0 Å². The van der Waals surface area contributed by atoms with Crippen LogP contribution in [0.1, 0.15) is 59.8 Å². The number of fused-ring (bicyclic) bond motifs is 1. The first kappa shape index (κ1) is 30.4. The summed E-state index contributed by atoms with van der Waals surface area (Å²) in [5, 5.41) is 10.9. The molecule has 0 aromatic carbocycles. The molecule has 1 aliphatic carbocycles. The third kappa shape index (κ3) is 7.66. The smallest absolute Gasteiger partial charge is 0.429 e. The van der Waals surface area contributed by atoms with Crippen LogP contribution >= 0.6 is 0 Å². The molecule has 1 saturated carbocycles. The van der Waals surface area contributed by atoms with E-state index >= 15 is 0 Å². The third-order valence-electron chi connectivity index (χ3n) is 8.99. The minimum atomic E-state index is -4.42. The first-order valence-corrected chi connectivity index (χ1v) is 15.0. The monoisotopic (exact) mass is 582 g/mol. The topological polar surface area (TPSA) is 106 Å². The van der Waals surface area contributed by atoms with Crippen molar-refractivity contribution in [2.24, 2.45) is 32.7 Å². The molecule has 0 radical (unpaired) electrons. The van der Waals surface area contributed by atoms with Gasteiger partial charge < -0.3 is 9.64 Å². The van der Waals surface area contributed by atoms with E-state index in [1.165, 1.54) is 0 Å². The highest BCUT2D eigenvalue weighted by Gasteiger charge is 2.47. The van der Waals surface area contributed by atoms with Crippen LogP contribution in [0.4, 0.5) is 18.0 Å². The van der Waals surface area contributed by atoms with Gasteiger partial charge in [0.05, 0.1) is 6.04 Å². The zero-order valence-electron chi connectivity index (χ0n) is 24.5. The molecule has 13 heteroatoms. The first-order valence-electron chi connectivity index (χ1n) is 15.0. The average Bonchev–Trinajstić information content (AvgIpc) is 3.29. The lowest BCUT2D eigenvalue weighted by Crippen LogP contribution is -2.53. The zero-order chi connectivity index (χ0) is 29.4. The second-order valence-electron chi connectivity index (χ2n) is 13.2. The number of hydrogen-bond acceptors (Lipinski definition) is 9. The van der Waals surface area contributed by atoms with Gasteiger partial charge in [0.2, 0.25) is 0 Å². The van der Waals surface area contributed by atoms with E-state index in [2.05, 4.69) is 30.8 Å². The van der Waals surface area contributed by atoms with E-state index in [4.69, 9.17) is 9.73 Å². The van der Waals surface area contributed by atoms with Crippen molar-refractivity contribution in [2.75, 3.05) is 32.7 Å². The molecule has 8 atom stereocenters. The molecule has 5 rings (SSSR count). The second kappa shape index (κ2) is 12.3. The molecular formula is C28H45F3N8O2. The number of nitrogens with one attached hydrogen (secondary N) is 3. The number of ether oxygens (including phenoxy) is 1. The van der Waals surface area contributed by atoms with Crippen molar-refractivity contribution in [1.29, 1.82) is 0 Å². The summed E-state index contributed by atoms with van der Waals surface area (Å²) in [5.41, 5.74) is -1.20. The molecule has 41 heavy (non-hydrogen) atoms. The van der Waals surface area contributed by atoms with Crippen LogP contribution in [0.5, 0.6) is 0 Å². The van der Waals surface area contributed by atoms with Crippen molar-refractivity contribution >= 4 is 24.4 Å². The Bertz CT molecular complexity index is 1020. The van der Waals surface area contributed by atoms with Crippen LogP contribution in [0.3, 0.4) is 0 Å². The Morgan fingerprint density at radius 3 is 2.51 bits per heavy atom. The minimum Gasteiger partial charge on any atom is -0.444 e. The van der Waals surface area contributed by atoms with Gasteiger partial charge in [0.25, 0.3) is 0 Å². The van der Waals surface area contributed by atoms with Crippen LogP contribution in [-0.2, 0) is 4.74 Å². The molecule has 4 heterocycles. The van der Waals surface area contributed by atoms with Gasteiger partial charge in [-0.15, -0.1) is 0 Å². The van der Waals surface area contributed by atoms with Gasteiger partial charge in [-0.2, -0.15) is 13.2 Å². The van der Waals surface area contributed by atoms with E-state index in [0.29, 0.717) is 19.0 Å². The lowest BCUT2D eigenvalue weighted by molar-refractivity contribution is -0.0636. The van der Waals surface area contributed by atoms with Gasteiger partial charge in [-0.3, -0.25) is 30.8 Å². The maximum Gasteiger partial charge on any atom is 0.429 e. The first-order chi connectivity index (χ1) is 19.4. The maximum absolute atomic E-state index is 13.4. The SMILES string of the molecule is CC1C(C(F)(F)F)=NC=NC1C1CCC2NC(NC3CC(CN4CCN(C(=O)OC(C)(C)C)CC4)CC=N3)NC2C1. The zero-order valence-corrected chi connectivity index (χ0v) is 24.5. The van der Waals surface area contributed by atoms with E-state index in [-0.39, 0.29) is 36.6 Å². The Morgan fingerprint density at radius 1 is 1.07 bits per heavy atom. The van der Waals surface area contributed by atoms with Crippen molar-refractivity contribution in [3.8, 4) is 0 Å². The van der Waals surface area contributed by atoms with Gasteiger partial charge in [-0.1, -0.05) is 6.92 Å². The van der Waals surface area contributed by atoms with Gasteiger partial charge in [0, 0.05) is 56.9 Å². The summed E-state index contributed by atoms with van der Waals surface area (Å²) in [7, 11) is 0. The summed E-state index contributed by atoms with van der Waals surface area (Å²) < 4.78 is 45.8.